The molecule has 4 N–H and O–H groups in total. The lowest BCUT2D eigenvalue weighted by Crippen LogP contribution is -2.38. The molecule has 8 heteroatoms. The molecule has 0 saturated carbocycles. The normalized spacial score (nSPS) is 16.8. The highest BCUT2D eigenvalue weighted by molar-refractivity contribution is 7.89. The van der Waals surface area contributed by atoms with Gasteiger partial charge in [0, 0.05) is 29.2 Å². The minimum absolute atomic E-state index is 0.168. The molecule has 1 amide bonds. The van der Waals surface area contributed by atoms with Crippen LogP contribution in [0.4, 0.5) is 5.69 Å². The van der Waals surface area contributed by atoms with Gasteiger partial charge in [0.2, 0.25) is 10.0 Å². The summed E-state index contributed by atoms with van der Waals surface area (Å²) in [4.78, 5) is 16.0. The third-order valence-electron chi connectivity index (χ3n) is 5.61. The van der Waals surface area contributed by atoms with Gasteiger partial charge in [-0.3, -0.25) is 4.79 Å². The molecule has 1 atom stereocenters. The maximum atomic E-state index is 12.5. The van der Waals surface area contributed by atoms with Crippen molar-refractivity contribution in [2.45, 2.75) is 17.5 Å². The Kier molecular flexibility index (Phi) is 5.16. The van der Waals surface area contributed by atoms with Gasteiger partial charge in [-0.15, -0.1) is 0 Å². The number of fused-ring (bicyclic) bond motifs is 2. The van der Waals surface area contributed by atoms with Gasteiger partial charge in [0.15, 0.2) is 0 Å². The summed E-state index contributed by atoms with van der Waals surface area (Å²) in [6, 6.07) is 21.7. The minimum atomic E-state index is -3.61. The summed E-state index contributed by atoms with van der Waals surface area (Å²) in [6.45, 7) is 0.517. The van der Waals surface area contributed by atoms with Gasteiger partial charge < -0.3 is 15.6 Å². The van der Waals surface area contributed by atoms with Crippen molar-refractivity contribution in [1.82, 2.24) is 15.0 Å². The second kappa shape index (κ2) is 8.14. The van der Waals surface area contributed by atoms with Gasteiger partial charge in [-0.25, -0.2) is 8.42 Å². The zero-order valence-electron chi connectivity index (χ0n) is 17.1. The number of para-hydroxylation sites is 2. The topological polar surface area (TPSA) is 103 Å². The SMILES string of the molecule is O=C(NCCc1c[nH]c2ccccc12)c1ccc(C2Nc3ccccc3S(=O)(=O)N2)cc1. The highest BCUT2D eigenvalue weighted by atomic mass is 32.2. The molecule has 0 bridgehead atoms. The summed E-state index contributed by atoms with van der Waals surface area (Å²) in [6.07, 6.45) is 2.09. The number of hydrogen-bond donors (Lipinski definition) is 4. The van der Waals surface area contributed by atoms with Crippen LogP contribution in [-0.4, -0.2) is 25.9 Å². The predicted molar refractivity (Wildman–Crippen MR) is 124 cm³/mol. The zero-order chi connectivity index (χ0) is 22.1. The van der Waals surface area contributed by atoms with E-state index in [9.17, 15) is 13.2 Å². The molecular weight excluding hydrogens is 424 g/mol. The van der Waals surface area contributed by atoms with Crippen molar-refractivity contribution < 1.29 is 13.2 Å². The van der Waals surface area contributed by atoms with E-state index in [2.05, 4.69) is 26.4 Å². The van der Waals surface area contributed by atoms with Crippen LogP contribution in [0.3, 0.4) is 0 Å². The lowest BCUT2D eigenvalue weighted by atomic mass is 10.1. The number of sulfonamides is 1. The van der Waals surface area contributed by atoms with Gasteiger partial charge in [0.1, 0.15) is 11.1 Å². The summed E-state index contributed by atoms with van der Waals surface area (Å²) in [7, 11) is -3.61. The van der Waals surface area contributed by atoms with Gasteiger partial charge in [-0.05, 0) is 47.9 Å². The number of aromatic amines is 1. The first-order valence-electron chi connectivity index (χ1n) is 10.3. The first-order valence-corrected chi connectivity index (χ1v) is 11.8. The predicted octanol–water partition coefficient (Wildman–Crippen LogP) is 3.54. The highest BCUT2D eigenvalue weighted by Crippen LogP contribution is 2.30. The van der Waals surface area contributed by atoms with Crippen LogP contribution in [0.1, 0.15) is 27.7 Å². The third-order valence-corrected chi connectivity index (χ3v) is 7.09. The number of carbonyl (C=O) groups is 1. The summed E-state index contributed by atoms with van der Waals surface area (Å²) in [5.74, 6) is -0.168. The summed E-state index contributed by atoms with van der Waals surface area (Å²) in [5, 5.41) is 7.30. The molecule has 3 aromatic carbocycles. The summed E-state index contributed by atoms with van der Waals surface area (Å²) in [5.41, 5.74) is 4.03. The number of hydrogen-bond acceptors (Lipinski definition) is 4. The van der Waals surface area contributed by atoms with E-state index < -0.39 is 16.2 Å². The van der Waals surface area contributed by atoms with Crippen LogP contribution in [0.15, 0.2) is 83.9 Å². The summed E-state index contributed by atoms with van der Waals surface area (Å²) < 4.78 is 27.7. The fourth-order valence-electron chi connectivity index (χ4n) is 3.95. The Balaban J connectivity index is 1.23. The molecule has 1 unspecified atom stereocenters. The van der Waals surface area contributed by atoms with Crippen LogP contribution in [0.5, 0.6) is 0 Å². The highest BCUT2D eigenvalue weighted by Gasteiger charge is 2.29. The largest absolute Gasteiger partial charge is 0.364 e. The van der Waals surface area contributed by atoms with Crippen molar-refractivity contribution in [3.8, 4) is 0 Å². The number of anilines is 1. The van der Waals surface area contributed by atoms with Crippen molar-refractivity contribution in [3.63, 3.8) is 0 Å². The van der Waals surface area contributed by atoms with Crippen molar-refractivity contribution in [1.29, 1.82) is 0 Å². The monoisotopic (exact) mass is 446 g/mol. The Hall–Kier alpha value is -3.62. The van der Waals surface area contributed by atoms with E-state index in [-0.39, 0.29) is 10.8 Å². The van der Waals surface area contributed by atoms with Crippen LogP contribution in [0.2, 0.25) is 0 Å². The number of aromatic nitrogens is 1. The van der Waals surface area contributed by atoms with E-state index in [1.807, 2.05) is 24.4 Å². The molecule has 7 nitrogen and oxygen atoms in total. The van der Waals surface area contributed by atoms with Crippen molar-refractivity contribution in [2.24, 2.45) is 0 Å². The molecule has 0 radical (unpaired) electrons. The number of rotatable bonds is 5. The number of H-pyrrole nitrogens is 1. The summed E-state index contributed by atoms with van der Waals surface area (Å²) >= 11 is 0. The number of nitrogens with one attached hydrogen (secondary N) is 4. The first kappa shape index (κ1) is 20.3. The molecule has 5 rings (SSSR count). The Morgan fingerprint density at radius 2 is 1.69 bits per heavy atom. The molecular formula is C24H22N4O3S. The second-order valence-electron chi connectivity index (χ2n) is 7.68. The van der Waals surface area contributed by atoms with Gasteiger partial charge in [-0.2, -0.15) is 4.72 Å². The molecule has 0 fully saturated rings. The van der Waals surface area contributed by atoms with Gasteiger partial charge in [-0.1, -0.05) is 42.5 Å². The molecule has 1 aliphatic rings. The lowest BCUT2D eigenvalue weighted by molar-refractivity contribution is 0.0954. The van der Waals surface area contributed by atoms with Crippen LogP contribution in [0, 0.1) is 0 Å². The zero-order valence-corrected chi connectivity index (χ0v) is 17.9. The van der Waals surface area contributed by atoms with Gasteiger partial charge in [0.25, 0.3) is 5.91 Å². The van der Waals surface area contributed by atoms with E-state index in [4.69, 9.17) is 0 Å². The van der Waals surface area contributed by atoms with E-state index in [1.165, 1.54) is 0 Å². The van der Waals surface area contributed by atoms with E-state index in [1.54, 1.807) is 48.5 Å². The Bertz CT molecular complexity index is 1390. The molecule has 1 aliphatic heterocycles. The number of benzene rings is 3. The first-order chi connectivity index (χ1) is 15.5. The standard InChI is InChI=1S/C24H22N4O3S/c29-24(25-14-13-18-15-26-20-6-2-1-5-19(18)20)17-11-9-16(10-12-17)23-27-21-7-3-4-8-22(21)32(30,31)28-23/h1-12,15,23,26-28H,13-14H2,(H,25,29). The smallest absolute Gasteiger partial charge is 0.251 e. The van der Waals surface area contributed by atoms with Crippen LogP contribution in [0.25, 0.3) is 10.9 Å². The molecule has 4 aromatic rings. The fraction of sp³-hybridized carbons (Fsp3) is 0.125. The molecule has 0 saturated heterocycles. The fourth-order valence-corrected chi connectivity index (χ4v) is 5.26. The van der Waals surface area contributed by atoms with Crippen molar-refractivity contribution in [2.75, 3.05) is 11.9 Å². The number of amides is 1. The van der Waals surface area contributed by atoms with Crippen LogP contribution >= 0.6 is 0 Å². The molecule has 32 heavy (non-hydrogen) atoms. The van der Waals surface area contributed by atoms with E-state index >= 15 is 0 Å². The average Bonchev–Trinajstić information content (AvgIpc) is 3.22. The molecule has 2 heterocycles. The Morgan fingerprint density at radius 1 is 0.938 bits per heavy atom. The Labute approximate surface area is 185 Å². The van der Waals surface area contributed by atoms with Crippen molar-refractivity contribution in [3.05, 3.63) is 95.7 Å². The van der Waals surface area contributed by atoms with Crippen molar-refractivity contribution >= 4 is 32.5 Å². The van der Waals surface area contributed by atoms with Gasteiger partial charge >= 0.3 is 0 Å². The maximum absolute atomic E-state index is 12.5. The van der Waals surface area contributed by atoms with Gasteiger partial charge in [0.05, 0.1) is 5.69 Å². The lowest BCUT2D eigenvalue weighted by Gasteiger charge is -2.28. The third kappa shape index (κ3) is 3.86. The average molecular weight is 447 g/mol. The van der Waals surface area contributed by atoms with Crippen LogP contribution < -0.4 is 15.4 Å². The molecule has 1 aromatic heterocycles. The van der Waals surface area contributed by atoms with E-state index in [0.29, 0.717) is 17.8 Å². The minimum Gasteiger partial charge on any atom is -0.364 e. The maximum Gasteiger partial charge on any atom is 0.251 e. The number of carbonyl (C=O) groups excluding carboxylic acids is 1. The molecule has 0 spiro atoms. The molecule has 162 valence electrons. The Morgan fingerprint density at radius 3 is 2.53 bits per heavy atom. The quantitative estimate of drug-likeness (QED) is 0.376. The molecule has 0 aliphatic carbocycles. The van der Waals surface area contributed by atoms with E-state index in [0.717, 1.165) is 28.5 Å². The van der Waals surface area contributed by atoms with Crippen LogP contribution in [-0.2, 0) is 16.4 Å². The second-order valence-corrected chi connectivity index (χ2v) is 9.36.